The Morgan fingerprint density at radius 1 is 1.26 bits per heavy atom. The van der Waals surface area contributed by atoms with Crippen molar-refractivity contribution >= 4 is 34.1 Å². The quantitative estimate of drug-likeness (QED) is 0.318. The van der Waals surface area contributed by atoms with E-state index < -0.39 is 5.82 Å². The highest BCUT2D eigenvalue weighted by Gasteiger charge is 2.14. The van der Waals surface area contributed by atoms with Crippen LogP contribution in [0.25, 0.3) is 16.2 Å². The van der Waals surface area contributed by atoms with Gasteiger partial charge in [-0.1, -0.05) is 52.7 Å². The average Bonchev–Trinajstić information content (AvgIpc) is 3.23. The summed E-state index contributed by atoms with van der Waals surface area (Å²) in [5.74, 6) is -0.414. The van der Waals surface area contributed by atoms with E-state index >= 15 is 0 Å². The molecule has 0 amide bonds. The molecule has 0 aliphatic heterocycles. The van der Waals surface area contributed by atoms with E-state index in [0.717, 1.165) is 21.9 Å². The first-order valence-electron chi connectivity index (χ1n) is 8.24. The van der Waals surface area contributed by atoms with Gasteiger partial charge in [0.25, 0.3) is 0 Å². The highest BCUT2D eigenvalue weighted by atomic mass is 35.5. The van der Waals surface area contributed by atoms with Crippen LogP contribution in [-0.4, -0.2) is 15.6 Å². The Kier molecular flexibility index (Phi) is 4.92. The van der Waals surface area contributed by atoms with Gasteiger partial charge in [-0.3, -0.25) is 4.40 Å². The highest BCUT2D eigenvalue weighted by Crippen LogP contribution is 2.26. The SMILES string of the molecule is Cc1ccc(-c2nc3sccn3c2C=NOCc2c(F)cccc2Cl)cc1. The summed E-state index contributed by atoms with van der Waals surface area (Å²) in [7, 11) is 0. The molecule has 136 valence electrons. The molecule has 2 aromatic carbocycles. The summed E-state index contributed by atoms with van der Waals surface area (Å²) < 4.78 is 15.8. The summed E-state index contributed by atoms with van der Waals surface area (Å²) in [4.78, 5) is 10.9. The van der Waals surface area contributed by atoms with Crippen LogP contribution < -0.4 is 0 Å². The topological polar surface area (TPSA) is 38.9 Å². The Bertz CT molecular complexity index is 1100. The Labute approximate surface area is 164 Å². The van der Waals surface area contributed by atoms with E-state index in [0.29, 0.717) is 5.02 Å². The van der Waals surface area contributed by atoms with Crippen molar-refractivity contribution in [2.45, 2.75) is 13.5 Å². The smallest absolute Gasteiger partial charge is 0.194 e. The summed E-state index contributed by atoms with van der Waals surface area (Å²) >= 11 is 7.55. The molecular formula is C20H15ClFN3OS. The van der Waals surface area contributed by atoms with Crippen LogP contribution in [0.4, 0.5) is 4.39 Å². The predicted octanol–water partition coefficient (Wildman–Crippen LogP) is 5.71. The van der Waals surface area contributed by atoms with Gasteiger partial charge in [-0.05, 0) is 19.1 Å². The minimum atomic E-state index is -0.414. The van der Waals surface area contributed by atoms with Gasteiger partial charge in [-0.2, -0.15) is 0 Å². The lowest BCUT2D eigenvalue weighted by atomic mass is 10.1. The average molecular weight is 400 g/mol. The lowest BCUT2D eigenvalue weighted by Gasteiger charge is -2.04. The van der Waals surface area contributed by atoms with E-state index in [1.807, 2.05) is 47.2 Å². The number of hydrogen-bond acceptors (Lipinski definition) is 4. The summed E-state index contributed by atoms with van der Waals surface area (Å²) in [6.45, 7) is 1.99. The van der Waals surface area contributed by atoms with Gasteiger partial charge in [0.2, 0.25) is 0 Å². The number of aryl methyl sites for hydroxylation is 1. The molecule has 0 unspecified atom stereocenters. The molecule has 0 atom stereocenters. The van der Waals surface area contributed by atoms with E-state index in [1.165, 1.54) is 11.6 Å². The molecular weight excluding hydrogens is 385 g/mol. The van der Waals surface area contributed by atoms with E-state index in [1.54, 1.807) is 29.7 Å². The van der Waals surface area contributed by atoms with Crippen LogP contribution >= 0.6 is 22.9 Å². The van der Waals surface area contributed by atoms with Gasteiger partial charge in [-0.15, -0.1) is 11.3 Å². The van der Waals surface area contributed by atoms with Crippen molar-refractivity contribution in [3.05, 3.63) is 81.7 Å². The molecule has 0 aliphatic rings. The number of fused-ring (bicyclic) bond motifs is 1. The number of nitrogens with zero attached hydrogens (tertiary/aromatic N) is 3. The maximum atomic E-state index is 13.8. The summed E-state index contributed by atoms with van der Waals surface area (Å²) in [5.41, 5.74) is 4.08. The first-order valence-corrected chi connectivity index (χ1v) is 9.50. The standard InChI is InChI=1S/C20H15ClFN3OS/c1-13-5-7-14(8-6-13)19-18(25-9-10-27-20(25)24-19)11-23-26-12-15-16(21)3-2-4-17(15)22/h2-11H,12H2,1H3. The van der Waals surface area contributed by atoms with Gasteiger partial charge in [0.15, 0.2) is 4.96 Å². The molecule has 0 radical (unpaired) electrons. The summed E-state index contributed by atoms with van der Waals surface area (Å²) in [5, 5.41) is 6.29. The number of thiazole rings is 1. The lowest BCUT2D eigenvalue weighted by molar-refractivity contribution is 0.129. The molecule has 0 N–H and O–H groups in total. The summed E-state index contributed by atoms with van der Waals surface area (Å²) in [6, 6.07) is 12.7. The molecule has 4 rings (SSSR count). The Hall–Kier alpha value is -2.70. The van der Waals surface area contributed by atoms with Gasteiger partial charge in [0.05, 0.1) is 22.6 Å². The molecule has 2 aromatic heterocycles. The number of hydrogen-bond donors (Lipinski definition) is 0. The molecule has 0 spiro atoms. The zero-order valence-corrected chi connectivity index (χ0v) is 16.0. The second kappa shape index (κ2) is 7.50. The number of oxime groups is 1. The zero-order chi connectivity index (χ0) is 18.8. The van der Waals surface area contributed by atoms with E-state index in [2.05, 4.69) is 5.16 Å². The molecule has 0 saturated carbocycles. The molecule has 0 saturated heterocycles. The number of rotatable bonds is 5. The second-order valence-electron chi connectivity index (χ2n) is 5.98. The van der Waals surface area contributed by atoms with Crippen molar-refractivity contribution in [2.24, 2.45) is 5.16 Å². The van der Waals surface area contributed by atoms with Gasteiger partial charge in [-0.25, -0.2) is 9.37 Å². The van der Waals surface area contributed by atoms with Crippen molar-refractivity contribution in [3.63, 3.8) is 0 Å². The third kappa shape index (κ3) is 3.59. The van der Waals surface area contributed by atoms with Crippen LogP contribution in [0.3, 0.4) is 0 Å². The van der Waals surface area contributed by atoms with Crippen molar-refractivity contribution in [1.82, 2.24) is 9.38 Å². The van der Waals surface area contributed by atoms with Crippen LogP contribution in [0.5, 0.6) is 0 Å². The largest absolute Gasteiger partial charge is 0.391 e. The van der Waals surface area contributed by atoms with Crippen molar-refractivity contribution < 1.29 is 9.23 Å². The third-order valence-corrected chi connectivity index (χ3v) is 5.25. The van der Waals surface area contributed by atoms with Crippen molar-refractivity contribution in [1.29, 1.82) is 0 Å². The number of halogens is 2. The molecule has 4 aromatic rings. The molecule has 27 heavy (non-hydrogen) atoms. The lowest BCUT2D eigenvalue weighted by Crippen LogP contribution is -1.96. The maximum Gasteiger partial charge on any atom is 0.194 e. The summed E-state index contributed by atoms with van der Waals surface area (Å²) in [6.07, 6.45) is 3.52. The Morgan fingerprint density at radius 2 is 2.07 bits per heavy atom. The highest BCUT2D eigenvalue weighted by molar-refractivity contribution is 7.15. The Balaban J connectivity index is 1.61. The van der Waals surface area contributed by atoms with E-state index in [9.17, 15) is 4.39 Å². The first kappa shape index (κ1) is 17.7. The molecule has 7 heteroatoms. The molecule has 0 bridgehead atoms. The van der Waals surface area contributed by atoms with Gasteiger partial charge in [0, 0.05) is 22.7 Å². The van der Waals surface area contributed by atoms with Gasteiger partial charge >= 0.3 is 0 Å². The number of imidazole rings is 1. The fraction of sp³-hybridized carbons (Fsp3) is 0.100. The van der Waals surface area contributed by atoms with Gasteiger partial charge in [0.1, 0.15) is 12.4 Å². The Morgan fingerprint density at radius 3 is 2.85 bits per heavy atom. The first-order chi connectivity index (χ1) is 13.1. The fourth-order valence-corrected chi connectivity index (χ4v) is 3.65. The van der Waals surface area contributed by atoms with Crippen molar-refractivity contribution in [2.75, 3.05) is 0 Å². The van der Waals surface area contributed by atoms with Crippen LogP contribution in [0.1, 0.15) is 16.8 Å². The second-order valence-corrected chi connectivity index (χ2v) is 7.26. The van der Waals surface area contributed by atoms with Crippen LogP contribution in [0.15, 0.2) is 59.2 Å². The maximum absolute atomic E-state index is 13.8. The molecule has 4 nitrogen and oxygen atoms in total. The van der Waals surface area contributed by atoms with Gasteiger partial charge < -0.3 is 4.84 Å². The molecule has 2 heterocycles. The third-order valence-electron chi connectivity index (χ3n) is 4.14. The molecule has 0 fully saturated rings. The number of benzene rings is 2. The van der Waals surface area contributed by atoms with Crippen LogP contribution in [-0.2, 0) is 11.4 Å². The van der Waals surface area contributed by atoms with Crippen molar-refractivity contribution in [3.8, 4) is 11.3 Å². The minimum absolute atomic E-state index is 0.0482. The van der Waals surface area contributed by atoms with E-state index in [-0.39, 0.29) is 12.2 Å². The van der Waals surface area contributed by atoms with E-state index in [4.69, 9.17) is 21.4 Å². The minimum Gasteiger partial charge on any atom is -0.391 e. The van der Waals surface area contributed by atoms with Crippen LogP contribution in [0, 0.1) is 12.7 Å². The normalized spacial score (nSPS) is 11.5. The predicted molar refractivity (Wildman–Crippen MR) is 107 cm³/mol. The fourth-order valence-electron chi connectivity index (χ4n) is 2.71. The zero-order valence-electron chi connectivity index (χ0n) is 14.4. The molecule has 0 aliphatic carbocycles. The monoisotopic (exact) mass is 399 g/mol. The van der Waals surface area contributed by atoms with Crippen LogP contribution in [0.2, 0.25) is 5.02 Å². The number of aromatic nitrogens is 2.